The first-order chi connectivity index (χ1) is 8.43. The van der Waals surface area contributed by atoms with Crippen LogP contribution in [0.15, 0.2) is 0 Å². The van der Waals surface area contributed by atoms with E-state index in [9.17, 15) is 13.2 Å². The first-order valence-electron chi connectivity index (χ1n) is 6.90. The first kappa shape index (κ1) is 15.8. The van der Waals surface area contributed by atoms with E-state index >= 15 is 0 Å². The van der Waals surface area contributed by atoms with Gasteiger partial charge in [0.05, 0.1) is 5.92 Å². The lowest BCUT2D eigenvalue weighted by Crippen LogP contribution is -2.39. The van der Waals surface area contributed by atoms with E-state index in [4.69, 9.17) is 0 Å². The molecule has 0 aromatic rings. The fourth-order valence-electron chi connectivity index (χ4n) is 2.41. The van der Waals surface area contributed by atoms with Crippen molar-refractivity contribution < 1.29 is 13.2 Å². The van der Waals surface area contributed by atoms with Crippen molar-refractivity contribution in [1.29, 1.82) is 0 Å². The van der Waals surface area contributed by atoms with Crippen LogP contribution in [0.4, 0.5) is 13.2 Å². The summed E-state index contributed by atoms with van der Waals surface area (Å²) in [6.07, 6.45) is -0.0828. The van der Waals surface area contributed by atoms with Gasteiger partial charge in [-0.05, 0) is 59.3 Å². The molecule has 1 heterocycles. The van der Waals surface area contributed by atoms with Gasteiger partial charge in [0.2, 0.25) is 0 Å². The van der Waals surface area contributed by atoms with E-state index < -0.39 is 12.1 Å². The second-order valence-electron chi connectivity index (χ2n) is 5.34. The van der Waals surface area contributed by atoms with Gasteiger partial charge in [0.25, 0.3) is 0 Å². The maximum atomic E-state index is 12.5. The minimum absolute atomic E-state index is 0.274. The lowest BCUT2D eigenvalue weighted by molar-refractivity contribution is -0.185. The molecule has 0 bridgehead atoms. The number of rotatable bonds is 6. The van der Waals surface area contributed by atoms with Crippen LogP contribution in [0.25, 0.3) is 0 Å². The smallest absolute Gasteiger partial charge is 0.317 e. The van der Waals surface area contributed by atoms with E-state index in [-0.39, 0.29) is 12.8 Å². The average molecular weight is 266 g/mol. The highest BCUT2D eigenvalue weighted by Gasteiger charge is 2.40. The topological polar surface area (TPSA) is 15.3 Å². The van der Waals surface area contributed by atoms with Gasteiger partial charge in [-0.2, -0.15) is 13.2 Å². The predicted octanol–water partition coefficient (Wildman–Crippen LogP) is 3.04. The lowest BCUT2D eigenvalue weighted by atomic mass is 9.96. The number of piperidine rings is 1. The van der Waals surface area contributed by atoms with Crippen LogP contribution >= 0.6 is 0 Å². The summed E-state index contributed by atoms with van der Waals surface area (Å²) in [5, 5.41) is 3.19. The number of nitrogens with one attached hydrogen (secondary N) is 1. The SMILES string of the molecule is CNC(C)CCCCN1CCC(C(F)(F)F)CC1. The molecule has 0 spiro atoms. The average Bonchev–Trinajstić information content (AvgIpc) is 2.33. The first-order valence-corrected chi connectivity index (χ1v) is 6.90. The highest BCUT2D eigenvalue weighted by atomic mass is 19.4. The maximum Gasteiger partial charge on any atom is 0.391 e. The van der Waals surface area contributed by atoms with Gasteiger partial charge >= 0.3 is 6.18 Å². The van der Waals surface area contributed by atoms with Crippen LogP contribution in [-0.2, 0) is 0 Å². The maximum absolute atomic E-state index is 12.5. The van der Waals surface area contributed by atoms with E-state index in [1.807, 2.05) is 7.05 Å². The summed E-state index contributed by atoms with van der Waals surface area (Å²) in [6, 6.07) is 0.529. The number of hydrogen-bond donors (Lipinski definition) is 1. The van der Waals surface area contributed by atoms with Crippen LogP contribution in [-0.4, -0.2) is 43.8 Å². The Morgan fingerprint density at radius 1 is 1.22 bits per heavy atom. The van der Waals surface area contributed by atoms with Crippen LogP contribution < -0.4 is 5.32 Å². The molecule has 1 atom stereocenters. The van der Waals surface area contributed by atoms with Crippen LogP contribution in [0.3, 0.4) is 0 Å². The third-order valence-corrected chi connectivity index (χ3v) is 3.90. The van der Waals surface area contributed by atoms with Gasteiger partial charge in [-0.25, -0.2) is 0 Å². The number of alkyl halides is 3. The minimum atomic E-state index is -3.99. The highest BCUT2D eigenvalue weighted by Crippen LogP contribution is 2.34. The molecule has 1 N–H and O–H groups in total. The molecule has 18 heavy (non-hydrogen) atoms. The van der Waals surface area contributed by atoms with Crippen LogP contribution in [0, 0.1) is 5.92 Å². The fraction of sp³-hybridized carbons (Fsp3) is 1.00. The van der Waals surface area contributed by atoms with Crippen molar-refractivity contribution in [2.24, 2.45) is 5.92 Å². The molecule has 0 aliphatic carbocycles. The molecule has 2 nitrogen and oxygen atoms in total. The number of likely N-dealkylation sites (tertiary alicyclic amines) is 1. The zero-order valence-electron chi connectivity index (χ0n) is 11.4. The molecule has 1 aliphatic rings. The molecule has 0 aromatic carbocycles. The van der Waals surface area contributed by atoms with Gasteiger partial charge < -0.3 is 10.2 Å². The summed E-state index contributed by atoms with van der Waals surface area (Å²) in [5.41, 5.74) is 0. The van der Waals surface area contributed by atoms with E-state index in [2.05, 4.69) is 17.1 Å². The Kier molecular flexibility index (Phi) is 6.43. The van der Waals surface area contributed by atoms with Gasteiger partial charge in [-0.3, -0.25) is 0 Å². The predicted molar refractivity (Wildman–Crippen MR) is 67.6 cm³/mol. The second-order valence-corrected chi connectivity index (χ2v) is 5.34. The summed E-state index contributed by atoms with van der Waals surface area (Å²) in [4.78, 5) is 2.17. The van der Waals surface area contributed by atoms with E-state index in [1.54, 1.807) is 0 Å². The van der Waals surface area contributed by atoms with Gasteiger partial charge in [-0.15, -0.1) is 0 Å². The van der Waals surface area contributed by atoms with Crippen LogP contribution in [0.2, 0.25) is 0 Å². The Balaban J connectivity index is 2.09. The minimum Gasteiger partial charge on any atom is -0.317 e. The Bertz CT molecular complexity index is 223. The molecule has 1 fully saturated rings. The van der Waals surface area contributed by atoms with Crippen molar-refractivity contribution in [3.8, 4) is 0 Å². The van der Waals surface area contributed by atoms with Crippen LogP contribution in [0.1, 0.15) is 39.0 Å². The largest absolute Gasteiger partial charge is 0.391 e. The highest BCUT2D eigenvalue weighted by molar-refractivity contribution is 4.77. The molecule has 0 radical (unpaired) electrons. The fourth-order valence-corrected chi connectivity index (χ4v) is 2.41. The molecule has 1 saturated heterocycles. The molecule has 5 heteroatoms. The van der Waals surface area contributed by atoms with Crippen molar-refractivity contribution in [3.05, 3.63) is 0 Å². The standard InChI is InChI=1S/C13H25F3N2/c1-11(17-2)5-3-4-8-18-9-6-12(7-10-18)13(14,15)16/h11-12,17H,3-10H2,1-2H3. The number of halogens is 3. The third kappa shape index (κ3) is 5.57. The number of hydrogen-bond acceptors (Lipinski definition) is 2. The second kappa shape index (κ2) is 7.34. The van der Waals surface area contributed by atoms with E-state index in [0.29, 0.717) is 19.1 Å². The molecule has 0 saturated carbocycles. The quantitative estimate of drug-likeness (QED) is 0.743. The Hall–Kier alpha value is -0.290. The molecule has 0 aromatic heterocycles. The lowest BCUT2D eigenvalue weighted by Gasteiger charge is -2.32. The van der Waals surface area contributed by atoms with Gasteiger partial charge in [0.15, 0.2) is 0 Å². The summed E-state index contributed by atoms with van der Waals surface area (Å²) in [7, 11) is 1.95. The van der Waals surface area contributed by atoms with Gasteiger partial charge in [-0.1, -0.05) is 6.42 Å². The van der Waals surface area contributed by atoms with Crippen LogP contribution in [0.5, 0.6) is 0 Å². The van der Waals surface area contributed by atoms with Crippen molar-refractivity contribution in [2.75, 3.05) is 26.7 Å². The Morgan fingerprint density at radius 3 is 2.33 bits per heavy atom. The van der Waals surface area contributed by atoms with Gasteiger partial charge in [0.1, 0.15) is 0 Å². The van der Waals surface area contributed by atoms with E-state index in [1.165, 1.54) is 0 Å². The number of nitrogens with zero attached hydrogens (tertiary/aromatic N) is 1. The molecular weight excluding hydrogens is 241 g/mol. The zero-order valence-corrected chi connectivity index (χ0v) is 11.4. The summed E-state index contributed by atoms with van der Waals surface area (Å²) in [5.74, 6) is -1.07. The molecule has 108 valence electrons. The molecular formula is C13H25F3N2. The molecule has 1 unspecified atom stereocenters. The molecule has 1 aliphatic heterocycles. The van der Waals surface area contributed by atoms with Crippen molar-refractivity contribution >= 4 is 0 Å². The van der Waals surface area contributed by atoms with E-state index in [0.717, 1.165) is 25.8 Å². The van der Waals surface area contributed by atoms with Crippen molar-refractivity contribution in [3.63, 3.8) is 0 Å². The van der Waals surface area contributed by atoms with Crippen molar-refractivity contribution in [1.82, 2.24) is 10.2 Å². The monoisotopic (exact) mass is 266 g/mol. The number of unbranched alkanes of at least 4 members (excludes halogenated alkanes) is 1. The summed E-state index contributed by atoms with van der Waals surface area (Å²) >= 11 is 0. The summed E-state index contributed by atoms with van der Waals surface area (Å²) < 4.78 is 37.4. The third-order valence-electron chi connectivity index (χ3n) is 3.90. The van der Waals surface area contributed by atoms with Crippen molar-refractivity contribution in [2.45, 2.75) is 51.2 Å². The molecule has 0 amide bonds. The summed E-state index contributed by atoms with van der Waals surface area (Å²) in [6.45, 7) is 4.30. The Morgan fingerprint density at radius 2 is 1.83 bits per heavy atom. The Labute approximate surface area is 108 Å². The normalized spacial score (nSPS) is 21.2. The molecule has 1 rings (SSSR count). The zero-order chi connectivity index (χ0) is 13.6. The van der Waals surface area contributed by atoms with Gasteiger partial charge in [0, 0.05) is 6.04 Å².